The molecular weight excluding hydrogens is 302 g/mol. The molecule has 1 atom stereocenters. The number of carbonyl (C=O) groups excluding carboxylic acids is 1. The Labute approximate surface area is 145 Å². The quantitative estimate of drug-likeness (QED) is 0.829. The number of aromatic nitrogens is 2. The number of carbonyl (C=O) groups is 1. The van der Waals surface area contributed by atoms with Crippen molar-refractivity contribution in [3.05, 3.63) is 18.2 Å². The molecule has 2 aliphatic rings. The van der Waals surface area contributed by atoms with Gasteiger partial charge in [-0.05, 0) is 19.9 Å². The Hall–Kier alpha value is -1.40. The number of piperidine rings is 1. The number of aryl methyl sites for hydroxylation is 1. The summed E-state index contributed by atoms with van der Waals surface area (Å²) in [6.45, 7) is 8.58. The van der Waals surface area contributed by atoms with E-state index in [1.54, 1.807) is 6.20 Å². The van der Waals surface area contributed by atoms with Crippen molar-refractivity contribution < 1.29 is 4.79 Å². The van der Waals surface area contributed by atoms with E-state index in [4.69, 9.17) is 0 Å². The zero-order valence-electron chi connectivity index (χ0n) is 15.3. The summed E-state index contributed by atoms with van der Waals surface area (Å²) >= 11 is 0. The maximum atomic E-state index is 12.6. The van der Waals surface area contributed by atoms with Crippen LogP contribution in [0.3, 0.4) is 0 Å². The minimum Gasteiger partial charge on any atom is -0.343 e. The Bertz CT molecular complexity index is 541. The van der Waals surface area contributed by atoms with Gasteiger partial charge in [0.1, 0.15) is 5.82 Å². The lowest BCUT2D eigenvalue weighted by molar-refractivity contribution is -0.133. The molecule has 1 amide bonds. The topological polar surface area (TPSA) is 44.6 Å². The van der Waals surface area contributed by atoms with Crippen molar-refractivity contribution in [2.24, 2.45) is 7.05 Å². The average Bonchev–Trinajstić information content (AvgIpc) is 3.02. The lowest BCUT2D eigenvalue weighted by Gasteiger charge is -2.42. The third kappa shape index (κ3) is 3.98. The van der Waals surface area contributed by atoms with Crippen molar-refractivity contribution in [2.45, 2.75) is 38.1 Å². The number of rotatable bonds is 4. The molecule has 0 radical (unpaired) electrons. The zero-order chi connectivity index (χ0) is 17.1. The van der Waals surface area contributed by atoms with E-state index in [2.05, 4.69) is 33.7 Å². The Morgan fingerprint density at radius 1 is 1.17 bits per heavy atom. The first-order chi connectivity index (χ1) is 11.5. The molecule has 0 N–H and O–H groups in total. The van der Waals surface area contributed by atoms with E-state index in [9.17, 15) is 4.79 Å². The maximum absolute atomic E-state index is 12.6. The van der Waals surface area contributed by atoms with Crippen LogP contribution in [0.2, 0.25) is 0 Å². The van der Waals surface area contributed by atoms with Crippen LogP contribution in [0.5, 0.6) is 0 Å². The van der Waals surface area contributed by atoms with Gasteiger partial charge in [0.2, 0.25) is 5.91 Å². The molecule has 2 fully saturated rings. The second kappa shape index (κ2) is 7.66. The van der Waals surface area contributed by atoms with E-state index < -0.39 is 0 Å². The van der Waals surface area contributed by atoms with Crippen molar-refractivity contribution >= 4 is 5.91 Å². The van der Waals surface area contributed by atoms with Gasteiger partial charge in [0.25, 0.3) is 0 Å². The van der Waals surface area contributed by atoms with Gasteiger partial charge in [0, 0.05) is 77.1 Å². The highest BCUT2D eigenvalue weighted by molar-refractivity contribution is 5.77. The molecular formula is C18H31N5O. The lowest BCUT2D eigenvalue weighted by Crippen LogP contribution is -2.53. The van der Waals surface area contributed by atoms with Crippen LogP contribution in [0, 0.1) is 0 Å². The summed E-state index contributed by atoms with van der Waals surface area (Å²) in [5.74, 6) is 1.45. The first-order valence-corrected chi connectivity index (χ1v) is 9.22. The van der Waals surface area contributed by atoms with E-state index in [1.165, 1.54) is 26.2 Å². The average molecular weight is 333 g/mol. The van der Waals surface area contributed by atoms with Gasteiger partial charge in [-0.25, -0.2) is 4.98 Å². The molecule has 1 unspecified atom stereocenters. The first kappa shape index (κ1) is 17.4. The van der Waals surface area contributed by atoms with Crippen molar-refractivity contribution in [2.75, 3.05) is 46.3 Å². The zero-order valence-corrected chi connectivity index (χ0v) is 15.3. The van der Waals surface area contributed by atoms with Gasteiger partial charge in [-0.3, -0.25) is 9.69 Å². The molecule has 1 aromatic heterocycles. The predicted molar refractivity (Wildman–Crippen MR) is 94.9 cm³/mol. The summed E-state index contributed by atoms with van der Waals surface area (Å²) in [6, 6.07) is 0.662. The molecule has 1 aromatic rings. The minimum absolute atomic E-state index is 0.174. The molecule has 3 rings (SSSR count). The second-order valence-corrected chi connectivity index (χ2v) is 7.45. The molecule has 0 saturated carbocycles. The largest absolute Gasteiger partial charge is 0.343 e. The van der Waals surface area contributed by atoms with E-state index in [-0.39, 0.29) is 11.8 Å². The first-order valence-electron chi connectivity index (χ1n) is 9.22. The van der Waals surface area contributed by atoms with Gasteiger partial charge >= 0.3 is 0 Å². The number of amides is 1. The molecule has 0 aromatic carbocycles. The lowest BCUT2D eigenvalue weighted by atomic mass is 10.00. The van der Waals surface area contributed by atoms with Crippen LogP contribution < -0.4 is 0 Å². The van der Waals surface area contributed by atoms with Gasteiger partial charge in [-0.15, -0.1) is 0 Å². The maximum Gasteiger partial charge on any atom is 0.223 e. The Morgan fingerprint density at radius 2 is 1.83 bits per heavy atom. The van der Waals surface area contributed by atoms with Gasteiger partial charge in [-0.1, -0.05) is 6.92 Å². The molecule has 2 saturated heterocycles. The van der Waals surface area contributed by atoms with E-state index in [1.807, 2.05) is 17.8 Å². The number of likely N-dealkylation sites (N-methyl/N-ethyl adjacent to an activating group) is 1. The number of likely N-dealkylation sites (tertiary alicyclic amines) is 1. The molecule has 0 bridgehead atoms. The highest BCUT2D eigenvalue weighted by Gasteiger charge is 2.29. The van der Waals surface area contributed by atoms with Crippen LogP contribution in [0.15, 0.2) is 12.4 Å². The smallest absolute Gasteiger partial charge is 0.223 e. The SMILES string of the molecule is CC(CC(=O)N1CCC(N2CCN(C)CC2)CC1)c1nccn1C. The number of nitrogens with zero attached hydrogens (tertiary/aromatic N) is 5. The van der Waals surface area contributed by atoms with Gasteiger partial charge in [0.15, 0.2) is 0 Å². The van der Waals surface area contributed by atoms with Gasteiger partial charge in [-0.2, -0.15) is 0 Å². The molecule has 0 aliphatic carbocycles. The fraction of sp³-hybridized carbons (Fsp3) is 0.778. The molecule has 6 nitrogen and oxygen atoms in total. The molecule has 0 spiro atoms. The molecule has 2 aliphatic heterocycles. The van der Waals surface area contributed by atoms with Crippen LogP contribution in [0.1, 0.15) is 37.9 Å². The van der Waals surface area contributed by atoms with Gasteiger partial charge in [0.05, 0.1) is 0 Å². The van der Waals surface area contributed by atoms with Crippen LogP contribution in [0.25, 0.3) is 0 Å². The van der Waals surface area contributed by atoms with E-state index in [0.717, 1.165) is 31.8 Å². The third-order valence-electron chi connectivity index (χ3n) is 5.65. The van der Waals surface area contributed by atoms with Crippen molar-refractivity contribution in [3.63, 3.8) is 0 Å². The summed E-state index contributed by atoms with van der Waals surface area (Å²) in [5.41, 5.74) is 0. The summed E-state index contributed by atoms with van der Waals surface area (Å²) in [7, 11) is 4.19. The van der Waals surface area contributed by atoms with Crippen LogP contribution in [-0.2, 0) is 11.8 Å². The Balaban J connectivity index is 1.46. The van der Waals surface area contributed by atoms with E-state index >= 15 is 0 Å². The Kier molecular flexibility index (Phi) is 5.56. The van der Waals surface area contributed by atoms with Crippen LogP contribution in [-0.4, -0.2) is 82.5 Å². The number of hydrogen-bond donors (Lipinski definition) is 0. The van der Waals surface area contributed by atoms with Crippen molar-refractivity contribution in [1.29, 1.82) is 0 Å². The predicted octanol–water partition coefficient (Wildman–Crippen LogP) is 1.15. The van der Waals surface area contributed by atoms with E-state index in [0.29, 0.717) is 12.5 Å². The van der Waals surface area contributed by atoms with Gasteiger partial charge < -0.3 is 14.4 Å². The molecule has 134 valence electrons. The fourth-order valence-electron chi connectivity index (χ4n) is 4.00. The molecule has 6 heteroatoms. The fourth-order valence-corrected chi connectivity index (χ4v) is 4.00. The molecule has 24 heavy (non-hydrogen) atoms. The van der Waals surface area contributed by atoms with Crippen molar-refractivity contribution in [3.8, 4) is 0 Å². The number of piperazine rings is 1. The summed E-state index contributed by atoms with van der Waals surface area (Å²) in [5, 5.41) is 0. The summed E-state index contributed by atoms with van der Waals surface area (Å²) in [4.78, 5) is 24.1. The third-order valence-corrected chi connectivity index (χ3v) is 5.65. The highest BCUT2D eigenvalue weighted by Crippen LogP contribution is 2.22. The van der Waals surface area contributed by atoms with Crippen molar-refractivity contribution in [1.82, 2.24) is 24.3 Å². The standard InChI is InChI=1S/C18H31N5O/c1-15(18-19-6-9-21(18)3)14-17(24)23-7-4-16(5-8-23)22-12-10-20(2)11-13-22/h6,9,15-16H,4-5,7-8,10-14H2,1-3H3. The number of imidazole rings is 1. The highest BCUT2D eigenvalue weighted by atomic mass is 16.2. The number of hydrogen-bond acceptors (Lipinski definition) is 4. The summed E-state index contributed by atoms with van der Waals surface area (Å²) < 4.78 is 2.01. The monoisotopic (exact) mass is 333 g/mol. The minimum atomic E-state index is 0.174. The second-order valence-electron chi connectivity index (χ2n) is 7.45. The Morgan fingerprint density at radius 3 is 2.42 bits per heavy atom. The van der Waals surface area contributed by atoms with Crippen LogP contribution >= 0.6 is 0 Å². The summed E-state index contributed by atoms with van der Waals surface area (Å²) in [6.07, 6.45) is 6.54. The van der Waals surface area contributed by atoms with Crippen LogP contribution in [0.4, 0.5) is 0 Å². The molecule has 3 heterocycles. The normalized spacial score (nSPS) is 22.7.